The van der Waals surface area contributed by atoms with Crippen molar-refractivity contribution in [1.82, 2.24) is 15.0 Å². The van der Waals surface area contributed by atoms with E-state index in [4.69, 9.17) is 15.2 Å². The molecule has 2 N–H and O–H groups in total. The highest BCUT2D eigenvalue weighted by Gasteiger charge is 2.15. The molecule has 1 unspecified atom stereocenters. The summed E-state index contributed by atoms with van der Waals surface area (Å²) in [6, 6.07) is 5.29. The van der Waals surface area contributed by atoms with E-state index in [0.29, 0.717) is 11.5 Å². The first-order valence-electron chi connectivity index (χ1n) is 5.49. The van der Waals surface area contributed by atoms with Crippen LogP contribution in [0.4, 0.5) is 0 Å². The summed E-state index contributed by atoms with van der Waals surface area (Å²) in [5, 5.41) is 7.69. The highest BCUT2D eigenvalue weighted by molar-refractivity contribution is 5.44. The van der Waals surface area contributed by atoms with E-state index in [9.17, 15) is 0 Å². The lowest BCUT2D eigenvalue weighted by atomic mass is 10.0. The zero-order chi connectivity index (χ0) is 13.1. The normalized spacial score (nSPS) is 12.2. The first kappa shape index (κ1) is 12.4. The fourth-order valence-electron chi connectivity index (χ4n) is 1.80. The van der Waals surface area contributed by atoms with E-state index in [1.165, 1.54) is 0 Å². The molecular weight excluding hydrogens is 232 g/mol. The third-order valence-corrected chi connectivity index (χ3v) is 2.83. The summed E-state index contributed by atoms with van der Waals surface area (Å²) < 4.78 is 12.1. The second kappa shape index (κ2) is 5.05. The molecule has 0 radical (unpaired) electrons. The fourth-order valence-corrected chi connectivity index (χ4v) is 1.80. The van der Waals surface area contributed by atoms with Gasteiger partial charge in [0.1, 0.15) is 0 Å². The van der Waals surface area contributed by atoms with Crippen molar-refractivity contribution in [2.75, 3.05) is 14.2 Å². The van der Waals surface area contributed by atoms with Crippen LogP contribution in [0.5, 0.6) is 11.5 Å². The van der Waals surface area contributed by atoms with Crippen LogP contribution < -0.4 is 15.2 Å². The van der Waals surface area contributed by atoms with Gasteiger partial charge in [-0.1, -0.05) is 11.3 Å². The van der Waals surface area contributed by atoms with E-state index >= 15 is 0 Å². The molecular formula is C12H16N4O2. The minimum atomic E-state index is -0.301. The third kappa shape index (κ3) is 2.14. The lowest BCUT2D eigenvalue weighted by Gasteiger charge is -2.14. The summed E-state index contributed by atoms with van der Waals surface area (Å²) >= 11 is 0. The number of rotatable bonds is 4. The Balaban J connectivity index is 2.37. The molecule has 2 rings (SSSR count). The quantitative estimate of drug-likeness (QED) is 0.869. The summed E-state index contributed by atoms with van der Waals surface area (Å²) in [6.07, 6.45) is 1.65. The number of benzene rings is 1. The zero-order valence-corrected chi connectivity index (χ0v) is 10.6. The van der Waals surface area contributed by atoms with Gasteiger partial charge in [-0.2, -0.15) is 0 Å². The molecule has 0 aliphatic heterocycles. The number of aromatic nitrogens is 3. The molecule has 0 bridgehead atoms. The monoisotopic (exact) mass is 248 g/mol. The Morgan fingerprint density at radius 3 is 2.50 bits per heavy atom. The Morgan fingerprint density at radius 1 is 1.22 bits per heavy atom. The van der Waals surface area contributed by atoms with Crippen LogP contribution in [0, 0.1) is 0 Å². The Morgan fingerprint density at radius 2 is 1.94 bits per heavy atom. The lowest BCUT2D eigenvalue weighted by Crippen LogP contribution is -2.16. The van der Waals surface area contributed by atoms with Gasteiger partial charge in [0.05, 0.1) is 32.2 Å². The summed E-state index contributed by atoms with van der Waals surface area (Å²) in [5.41, 5.74) is 7.93. The van der Waals surface area contributed by atoms with Crippen LogP contribution in [-0.4, -0.2) is 29.2 Å². The van der Waals surface area contributed by atoms with Crippen molar-refractivity contribution >= 4 is 0 Å². The van der Waals surface area contributed by atoms with Crippen molar-refractivity contribution in [3.63, 3.8) is 0 Å². The fraction of sp³-hybridized carbons (Fsp3) is 0.333. The number of hydrogen-bond donors (Lipinski definition) is 1. The van der Waals surface area contributed by atoms with E-state index in [1.54, 1.807) is 25.1 Å². The molecule has 2 aromatic rings. The molecule has 0 saturated heterocycles. The lowest BCUT2D eigenvalue weighted by molar-refractivity contribution is 0.354. The summed E-state index contributed by atoms with van der Waals surface area (Å²) in [4.78, 5) is 0. The van der Waals surface area contributed by atoms with Gasteiger partial charge in [-0.15, -0.1) is 5.10 Å². The molecule has 6 nitrogen and oxygen atoms in total. The van der Waals surface area contributed by atoms with Gasteiger partial charge in [0.15, 0.2) is 11.5 Å². The van der Waals surface area contributed by atoms with Crippen LogP contribution in [0.3, 0.4) is 0 Å². The van der Waals surface area contributed by atoms with Crippen LogP contribution in [0.15, 0.2) is 24.4 Å². The first-order valence-corrected chi connectivity index (χ1v) is 5.49. The van der Waals surface area contributed by atoms with Gasteiger partial charge in [0.25, 0.3) is 0 Å². The Bertz CT molecular complexity index is 539. The number of nitrogens with zero attached hydrogens (tertiary/aromatic N) is 3. The standard InChI is InChI=1S/C12H16N4O2/c1-16-9(7-14-15-16)12(13)8-4-5-10(17-2)11(6-8)18-3/h4-7,12H,13H2,1-3H3. The highest BCUT2D eigenvalue weighted by Crippen LogP contribution is 2.30. The second-order valence-corrected chi connectivity index (χ2v) is 3.87. The molecule has 1 aromatic heterocycles. The van der Waals surface area contributed by atoms with E-state index in [1.807, 2.05) is 25.2 Å². The maximum absolute atomic E-state index is 6.18. The number of methoxy groups -OCH3 is 2. The Kier molecular flexibility index (Phi) is 3.47. The van der Waals surface area contributed by atoms with Gasteiger partial charge in [0.2, 0.25) is 0 Å². The number of nitrogens with two attached hydrogens (primary N) is 1. The maximum atomic E-state index is 6.18. The smallest absolute Gasteiger partial charge is 0.161 e. The average Bonchev–Trinajstić information content (AvgIpc) is 2.83. The topological polar surface area (TPSA) is 75.2 Å². The minimum absolute atomic E-state index is 0.301. The van der Waals surface area contributed by atoms with Crippen molar-refractivity contribution in [3.05, 3.63) is 35.7 Å². The van der Waals surface area contributed by atoms with E-state index in [-0.39, 0.29) is 6.04 Å². The van der Waals surface area contributed by atoms with Gasteiger partial charge in [-0.25, -0.2) is 0 Å². The van der Waals surface area contributed by atoms with Crippen LogP contribution in [0.2, 0.25) is 0 Å². The van der Waals surface area contributed by atoms with Crippen molar-refractivity contribution in [2.24, 2.45) is 12.8 Å². The number of ether oxygens (including phenoxy) is 2. The van der Waals surface area contributed by atoms with Crippen LogP contribution in [0.1, 0.15) is 17.3 Å². The molecule has 0 saturated carbocycles. The predicted octanol–water partition coefficient (Wildman–Crippen LogP) is 0.880. The zero-order valence-electron chi connectivity index (χ0n) is 10.6. The molecule has 0 fully saturated rings. The molecule has 0 spiro atoms. The van der Waals surface area contributed by atoms with Crippen molar-refractivity contribution < 1.29 is 9.47 Å². The SMILES string of the molecule is COc1ccc(C(N)c2cnnn2C)cc1OC. The molecule has 6 heteroatoms. The Labute approximate surface area is 105 Å². The van der Waals surface area contributed by atoms with Crippen LogP contribution >= 0.6 is 0 Å². The molecule has 0 amide bonds. The highest BCUT2D eigenvalue weighted by atomic mass is 16.5. The van der Waals surface area contributed by atoms with Crippen LogP contribution in [-0.2, 0) is 7.05 Å². The molecule has 1 aromatic carbocycles. The van der Waals surface area contributed by atoms with Gasteiger partial charge in [-0.3, -0.25) is 4.68 Å². The number of aryl methyl sites for hydroxylation is 1. The molecule has 1 atom stereocenters. The third-order valence-electron chi connectivity index (χ3n) is 2.83. The van der Waals surface area contributed by atoms with Crippen molar-refractivity contribution in [2.45, 2.75) is 6.04 Å². The molecule has 0 aliphatic rings. The first-order chi connectivity index (χ1) is 8.67. The van der Waals surface area contributed by atoms with Crippen LogP contribution in [0.25, 0.3) is 0 Å². The van der Waals surface area contributed by atoms with E-state index < -0.39 is 0 Å². The number of hydrogen-bond acceptors (Lipinski definition) is 5. The summed E-state index contributed by atoms with van der Waals surface area (Å²) in [6.45, 7) is 0. The molecule has 18 heavy (non-hydrogen) atoms. The summed E-state index contributed by atoms with van der Waals surface area (Å²) in [7, 11) is 5.00. The molecule has 96 valence electrons. The second-order valence-electron chi connectivity index (χ2n) is 3.87. The minimum Gasteiger partial charge on any atom is -0.493 e. The average molecular weight is 248 g/mol. The molecule has 1 heterocycles. The van der Waals surface area contributed by atoms with Crippen molar-refractivity contribution in [1.29, 1.82) is 0 Å². The van der Waals surface area contributed by atoms with Gasteiger partial charge in [0, 0.05) is 7.05 Å². The van der Waals surface area contributed by atoms with E-state index in [0.717, 1.165) is 11.3 Å². The Hall–Kier alpha value is -2.08. The van der Waals surface area contributed by atoms with Crippen molar-refractivity contribution in [3.8, 4) is 11.5 Å². The maximum Gasteiger partial charge on any atom is 0.161 e. The van der Waals surface area contributed by atoms with Gasteiger partial charge < -0.3 is 15.2 Å². The van der Waals surface area contributed by atoms with Gasteiger partial charge >= 0.3 is 0 Å². The van der Waals surface area contributed by atoms with Gasteiger partial charge in [-0.05, 0) is 17.7 Å². The molecule has 0 aliphatic carbocycles. The largest absolute Gasteiger partial charge is 0.493 e. The van der Waals surface area contributed by atoms with E-state index in [2.05, 4.69) is 10.3 Å². The predicted molar refractivity (Wildman–Crippen MR) is 66.6 cm³/mol. The summed E-state index contributed by atoms with van der Waals surface area (Å²) in [5.74, 6) is 1.33.